The fourth-order valence-electron chi connectivity index (χ4n) is 1.71. The minimum atomic E-state index is -2.98. The van der Waals surface area contributed by atoms with E-state index in [1.165, 1.54) is 30.6 Å². The number of rotatable bonds is 5. The summed E-state index contributed by atoms with van der Waals surface area (Å²) < 4.78 is 28.9. The van der Waals surface area contributed by atoms with E-state index >= 15 is 0 Å². The van der Waals surface area contributed by atoms with Crippen LogP contribution in [0.3, 0.4) is 0 Å². The van der Waals surface area contributed by atoms with Gasteiger partial charge in [-0.3, -0.25) is 9.78 Å². The van der Waals surface area contributed by atoms with Crippen molar-refractivity contribution in [3.05, 3.63) is 58.9 Å². The maximum atomic E-state index is 12.3. The van der Waals surface area contributed by atoms with Crippen LogP contribution in [0.4, 0.5) is 8.78 Å². The van der Waals surface area contributed by atoms with Crippen molar-refractivity contribution in [1.29, 1.82) is 0 Å². The fraction of sp³-hybridized carbons (Fsp3) is 0.143. The van der Waals surface area contributed by atoms with Crippen molar-refractivity contribution in [3.63, 3.8) is 0 Å². The Morgan fingerprint density at radius 2 is 2.05 bits per heavy atom. The molecule has 0 aliphatic heterocycles. The largest absolute Gasteiger partial charge is 0.434 e. The van der Waals surface area contributed by atoms with Crippen LogP contribution in [0.25, 0.3) is 0 Å². The maximum Gasteiger partial charge on any atom is 0.387 e. The standard InChI is InChI=1S/C14H10ClF2NO2/c15-11-8-18-6-5-9(11)7-12(19)10-3-1-2-4-13(10)20-14(16)17/h1-6,8,14H,7H2. The van der Waals surface area contributed by atoms with E-state index in [4.69, 9.17) is 11.6 Å². The number of para-hydroxylation sites is 1. The van der Waals surface area contributed by atoms with E-state index in [2.05, 4.69) is 9.72 Å². The number of Topliss-reactive ketones (excluding diaryl/α,β-unsaturated/α-hetero) is 1. The zero-order valence-electron chi connectivity index (χ0n) is 10.2. The number of nitrogens with zero attached hydrogens (tertiary/aromatic N) is 1. The van der Waals surface area contributed by atoms with Crippen molar-refractivity contribution >= 4 is 17.4 Å². The molecule has 2 aromatic rings. The Morgan fingerprint density at radius 3 is 2.75 bits per heavy atom. The van der Waals surface area contributed by atoms with Gasteiger partial charge in [-0.15, -0.1) is 0 Å². The zero-order valence-corrected chi connectivity index (χ0v) is 11.0. The number of ether oxygens (including phenoxy) is 1. The Kier molecular flexibility index (Phi) is 4.63. The number of ketones is 1. The molecule has 104 valence electrons. The summed E-state index contributed by atoms with van der Waals surface area (Å²) in [6.07, 6.45) is 2.92. The quantitative estimate of drug-likeness (QED) is 0.789. The Morgan fingerprint density at radius 1 is 1.30 bits per heavy atom. The average Bonchev–Trinajstić information content (AvgIpc) is 2.41. The Hall–Kier alpha value is -2.01. The highest BCUT2D eigenvalue weighted by Crippen LogP contribution is 2.23. The number of carbonyl (C=O) groups excluding carboxylic acids is 1. The predicted molar refractivity (Wildman–Crippen MR) is 70.4 cm³/mol. The lowest BCUT2D eigenvalue weighted by Crippen LogP contribution is -2.10. The van der Waals surface area contributed by atoms with E-state index in [9.17, 15) is 13.6 Å². The van der Waals surface area contributed by atoms with Crippen LogP contribution in [0.5, 0.6) is 5.75 Å². The Labute approximate surface area is 119 Å². The van der Waals surface area contributed by atoms with Gasteiger partial charge in [0.25, 0.3) is 0 Å². The summed E-state index contributed by atoms with van der Waals surface area (Å²) in [5.74, 6) is -0.493. The first-order valence-electron chi connectivity index (χ1n) is 5.73. The number of alkyl halides is 2. The molecule has 6 heteroatoms. The van der Waals surface area contributed by atoms with Crippen molar-refractivity contribution in [1.82, 2.24) is 4.98 Å². The third-order valence-corrected chi connectivity index (χ3v) is 2.95. The predicted octanol–water partition coefficient (Wildman–Crippen LogP) is 3.76. The lowest BCUT2D eigenvalue weighted by molar-refractivity contribution is -0.0501. The lowest BCUT2D eigenvalue weighted by atomic mass is 10.0. The first-order valence-corrected chi connectivity index (χ1v) is 6.11. The molecule has 0 amide bonds. The summed E-state index contributed by atoms with van der Waals surface area (Å²) in [4.78, 5) is 16.0. The van der Waals surface area contributed by atoms with E-state index in [1.54, 1.807) is 12.1 Å². The van der Waals surface area contributed by atoms with Gasteiger partial charge in [-0.25, -0.2) is 0 Å². The SMILES string of the molecule is O=C(Cc1ccncc1Cl)c1ccccc1OC(F)F. The highest BCUT2D eigenvalue weighted by Gasteiger charge is 2.16. The van der Waals surface area contributed by atoms with Gasteiger partial charge in [0.2, 0.25) is 0 Å². The third-order valence-electron chi connectivity index (χ3n) is 2.61. The van der Waals surface area contributed by atoms with Crippen LogP contribution in [0.2, 0.25) is 5.02 Å². The molecule has 20 heavy (non-hydrogen) atoms. The summed E-state index contributed by atoms with van der Waals surface area (Å²) in [6.45, 7) is -2.98. The van der Waals surface area contributed by atoms with Crippen molar-refractivity contribution in [2.24, 2.45) is 0 Å². The molecule has 0 atom stereocenters. The van der Waals surface area contributed by atoms with E-state index < -0.39 is 6.61 Å². The van der Waals surface area contributed by atoms with Crippen LogP contribution >= 0.6 is 11.6 Å². The molecule has 1 heterocycles. The summed E-state index contributed by atoms with van der Waals surface area (Å²) in [5, 5.41) is 0.355. The van der Waals surface area contributed by atoms with Gasteiger partial charge in [0.05, 0.1) is 10.6 Å². The molecule has 0 bridgehead atoms. The van der Waals surface area contributed by atoms with Gasteiger partial charge >= 0.3 is 6.61 Å². The van der Waals surface area contributed by atoms with Gasteiger partial charge in [0.1, 0.15) is 5.75 Å². The second-order valence-corrected chi connectivity index (χ2v) is 4.35. The number of hydrogen-bond acceptors (Lipinski definition) is 3. The number of hydrogen-bond donors (Lipinski definition) is 0. The van der Waals surface area contributed by atoms with Crippen LogP contribution in [-0.4, -0.2) is 17.4 Å². The van der Waals surface area contributed by atoms with Crippen molar-refractivity contribution in [2.75, 3.05) is 0 Å². The lowest BCUT2D eigenvalue weighted by Gasteiger charge is -2.10. The molecule has 0 spiro atoms. The Balaban J connectivity index is 2.23. The van der Waals surface area contributed by atoms with Crippen LogP contribution in [0, 0.1) is 0 Å². The van der Waals surface area contributed by atoms with Gasteiger partial charge in [-0.1, -0.05) is 23.7 Å². The van der Waals surface area contributed by atoms with Crippen LogP contribution < -0.4 is 4.74 Å². The molecular weight excluding hydrogens is 288 g/mol. The highest BCUT2D eigenvalue weighted by molar-refractivity contribution is 6.31. The highest BCUT2D eigenvalue weighted by atomic mass is 35.5. The van der Waals surface area contributed by atoms with Crippen molar-refractivity contribution < 1.29 is 18.3 Å². The molecular formula is C14H10ClF2NO2. The minimum Gasteiger partial charge on any atom is -0.434 e. The smallest absolute Gasteiger partial charge is 0.387 e. The van der Waals surface area contributed by atoms with E-state index in [1.807, 2.05) is 0 Å². The monoisotopic (exact) mass is 297 g/mol. The summed E-state index contributed by atoms with van der Waals surface area (Å²) >= 11 is 5.91. The van der Waals surface area contributed by atoms with Crippen molar-refractivity contribution in [3.8, 4) is 5.75 Å². The molecule has 0 N–H and O–H groups in total. The first kappa shape index (κ1) is 14.4. The molecule has 0 saturated heterocycles. The second-order valence-electron chi connectivity index (χ2n) is 3.94. The third kappa shape index (κ3) is 3.51. The van der Waals surface area contributed by atoms with Gasteiger partial charge in [0, 0.05) is 18.8 Å². The second kappa shape index (κ2) is 6.43. The Bertz CT molecular complexity index is 620. The number of carbonyl (C=O) groups is 1. The minimum absolute atomic E-state index is 0.00896. The number of pyridine rings is 1. The van der Waals surface area contributed by atoms with Crippen LogP contribution in [0.1, 0.15) is 15.9 Å². The zero-order chi connectivity index (χ0) is 14.5. The number of benzene rings is 1. The number of aromatic nitrogens is 1. The molecule has 0 unspecified atom stereocenters. The molecule has 0 aliphatic rings. The summed E-state index contributed by atoms with van der Waals surface area (Å²) in [6, 6.07) is 7.48. The fourth-order valence-corrected chi connectivity index (χ4v) is 1.90. The van der Waals surface area contributed by atoms with E-state index in [-0.39, 0.29) is 23.5 Å². The van der Waals surface area contributed by atoms with Crippen LogP contribution in [-0.2, 0) is 6.42 Å². The molecule has 2 rings (SSSR count). The van der Waals surface area contributed by atoms with E-state index in [0.29, 0.717) is 10.6 Å². The van der Waals surface area contributed by atoms with E-state index in [0.717, 1.165) is 0 Å². The molecule has 3 nitrogen and oxygen atoms in total. The normalized spacial score (nSPS) is 10.6. The molecule has 0 saturated carbocycles. The maximum absolute atomic E-state index is 12.3. The van der Waals surface area contributed by atoms with Gasteiger partial charge in [-0.05, 0) is 23.8 Å². The van der Waals surface area contributed by atoms with Crippen molar-refractivity contribution in [2.45, 2.75) is 13.0 Å². The van der Waals surface area contributed by atoms with Gasteiger partial charge in [0.15, 0.2) is 5.78 Å². The summed E-state index contributed by atoms with van der Waals surface area (Å²) in [7, 11) is 0. The molecule has 1 aromatic heterocycles. The average molecular weight is 298 g/mol. The molecule has 0 radical (unpaired) electrons. The molecule has 0 fully saturated rings. The van der Waals surface area contributed by atoms with Gasteiger partial charge < -0.3 is 4.74 Å². The van der Waals surface area contributed by atoms with Crippen LogP contribution in [0.15, 0.2) is 42.7 Å². The number of halogens is 3. The topological polar surface area (TPSA) is 39.2 Å². The molecule has 0 aliphatic carbocycles. The molecule has 1 aromatic carbocycles. The summed E-state index contributed by atoms with van der Waals surface area (Å²) in [5.41, 5.74) is 0.680. The first-order chi connectivity index (χ1) is 9.58. The van der Waals surface area contributed by atoms with Gasteiger partial charge in [-0.2, -0.15) is 8.78 Å².